The number of amides is 2. The molecule has 0 aromatic heterocycles. The van der Waals surface area contributed by atoms with Gasteiger partial charge in [0.05, 0.1) is 13.2 Å². The first kappa shape index (κ1) is 17.8. The van der Waals surface area contributed by atoms with Crippen molar-refractivity contribution in [3.8, 4) is 5.75 Å². The Morgan fingerprint density at radius 1 is 1.12 bits per heavy atom. The van der Waals surface area contributed by atoms with Gasteiger partial charge in [-0.3, -0.25) is 0 Å². The number of nitrogens with one attached hydrogen (secondary N) is 2. The Labute approximate surface area is 142 Å². The van der Waals surface area contributed by atoms with Crippen molar-refractivity contribution in [3.63, 3.8) is 0 Å². The molecule has 5 heteroatoms. The highest BCUT2D eigenvalue weighted by Gasteiger charge is 2.14. The topological polar surface area (TPSA) is 70.6 Å². The van der Waals surface area contributed by atoms with Crippen LogP contribution in [0.2, 0.25) is 0 Å². The molecule has 0 radical (unpaired) electrons. The monoisotopic (exact) mass is 328 g/mol. The molecule has 0 fully saturated rings. The second kappa shape index (κ2) is 9.57. The van der Waals surface area contributed by atoms with Crippen molar-refractivity contribution in [2.75, 3.05) is 13.7 Å². The van der Waals surface area contributed by atoms with Crippen LogP contribution in [0.1, 0.15) is 30.0 Å². The maximum absolute atomic E-state index is 12.2. The van der Waals surface area contributed by atoms with Crippen LogP contribution in [0.3, 0.4) is 0 Å². The third kappa shape index (κ3) is 5.28. The maximum Gasteiger partial charge on any atom is 0.315 e. The van der Waals surface area contributed by atoms with Crippen LogP contribution < -0.4 is 15.4 Å². The van der Waals surface area contributed by atoms with Gasteiger partial charge in [-0.25, -0.2) is 4.79 Å². The number of carbonyl (C=O) groups is 1. The first-order valence-corrected chi connectivity index (χ1v) is 8.06. The Morgan fingerprint density at radius 2 is 1.83 bits per heavy atom. The molecule has 0 spiro atoms. The molecule has 2 rings (SSSR count). The zero-order valence-corrected chi connectivity index (χ0v) is 13.9. The van der Waals surface area contributed by atoms with E-state index in [0.29, 0.717) is 19.4 Å². The average molecular weight is 328 g/mol. The van der Waals surface area contributed by atoms with E-state index in [0.717, 1.165) is 16.9 Å². The van der Waals surface area contributed by atoms with Crippen molar-refractivity contribution >= 4 is 6.03 Å². The van der Waals surface area contributed by atoms with Gasteiger partial charge in [-0.15, -0.1) is 0 Å². The number of ether oxygens (including phenoxy) is 1. The summed E-state index contributed by atoms with van der Waals surface area (Å²) in [4.78, 5) is 12.2. The van der Waals surface area contributed by atoms with Crippen LogP contribution in [0.4, 0.5) is 4.79 Å². The summed E-state index contributed by atoms with van der Waals surface area (Å²) in [5, 5.41) is 14.9. The lowest BCUT2D eigenvalue weighted by atomic mass is 10.0. The molecule has 1 unspecified atom stereocenters. The molecule has 1 atom stereocenters. The number of hydrogen-bond donors (Lipinski definition) is 3. The molecular weight excluding hydrogens is 304 g/mol. The minimum Gasteiger partial charge on any atom is -0.496 e. The standard InChI is InChI=1S/C19H24N2O3/c1-24-18-12-6-5-10-16(18)14-20-19(23)21-17(11-7-13-22)15-8-3-2-4-9-15/h2-6,8-10,12,17,22H,7,11,13-14H2,1H3,(H2,20,21,23). The molecule has 3 N–H and O–H groups in total. The third-order valence-electron chi connectivity index (χ3n) is 3.79. The van der Waals surface area contributed by atoms with E-state index in [-0.39, 0.29) is 18.7 Å². The predicted octanol–water partition coefficient (Wildman–Crippen LogP) is 3.01. The van der Waals surface area contributed by atoms with E-state index in [1.165, 1.54) is 0 Å². The number of benzene rings is 2. The molecule has 128 valence electrons. The van der Waals surface area contributed by atoms with Crippen LogP contribution in [-0.4, -0.2) is 24.9 Å². The fourth-order valence-corrected chi connectivity index (χ4v) is 2.54. The highest BCUT2D eigenvalue weighted by Crippen LogP contribution is 2.19. The Morgan fingerprint density at radius 3 is 2.54 bits per heavy atom. The smallest absolute Gasteiger partial charge is 0.315 e. The molecular formula is C19H24N2O3. The van der Waals surface area contributed by atoms with Gasteiger partial charge in [0, 0.05) is 18.7 Å². The van der Waals surface area contributed by atoms with Crippen LogP contribution in [-0.2, 0) is 6.54 Å². The minimum atomic E-state index is -0.243. The number of urea groups is 1. The number of methoxy groups -OCH3 is 1. The second-order valence-electron chi connectivity index (χ2n) is 5.47. The van der Waals surface area contributed by atoms with Gasteiger partial charge in [-0.05, 0) is 24.5 Å². The zero-order valence-electron chi connectivity index (χ0n) is 13.9. The van der Waals surface area contributed by atoms with Gasteiger partial charge in [-0.2, -0.15) is 0 Å². The molecule has 0 heterocycles. The number of rotatable bonds is 8. The molecule has 0 aliphatic carbocycles. The summed E-state index contributed by atoms with van der Waals surface area (Å²) >= 11 is 0. The minimum absolute atomic E-state index is 0.105. The highest BCUT2D eigenvalue weighted by molar-refractivity contribution is 5.74. The number of para-hydroxylation sites is 1. The predicted molar refractivity (Wildman–Crippen MR) is 93.9 cm³/mol. The van der Waals surface area contributed by atoms with Crippen LogP contribution in [0.25, 0.3) is 0 Å². The lowest BCUT2D eigenvalue weighted by Gasteiger charge is -2.19. The quantitative estimate of drug-likeness (QED) is 0.697. The molecule has 2 aromatic rings. The maximum atomic E-state index is 12.2. The van der Waals surface area contributed by atoms with E-state index < -0.39 is 0 Å². The zero-order chi connectivity index (χ0) is 17.2. The molecule has 0 bridgehead atoms. The largest absolute Gasteiger partial charge is 0.496 e. The van der Waals surface area contributed by atoms with Crippen LogP contribution in [0.15, 0.2) is 54.6 Å². The SMILES string of the molecule is COc1ccccc1CNC(=O)NC(CCCO)c1ccccc1. The van der Waals surface area contributed by atoms with E-state index in [1.807, 2.05) is 54.6 Å². The molecule has 0 aliphatic rings. The Bertz CT molecular complexity index is 632. The highest BCUT2D eigenvalue weighted by atomic mass is 16.5. The van der Waals surface area contributed by atoms with Gasteiger partial charge >= 0.3 is 6.03 Å². The summed E-state index contributed by atoms with van der Waals surface area (Å²) in [6, 6.07) is 17.0. The van der Waals surface area contributed by atoms with Gasteiger partial charge in [-0.1, -0.05) is 48.5 Å². The van der Waals surface area contributed by atoms with Crippen molar-refractivity contribution in [3.05, 3.63) is 65.7 Å². The Balaban J connectivity index is 1.95. The average Bonchev–Trinajstić information content (AvgIpc) is 2.64. The summed E-state index contributed by atoms with van der Waals surface area (Å²) in [6.45, 7) is 0.491. The van der Waals surface area contributed by atoms with Crippen LogP contribution >= 0.6 is 0 Å². The fraction of sp³-hybridized carbons (Fsp3) is 0.316. The lowest BCUT2D eigenvalue weighted by molar-refractivity contribution is 0.232. The van der Waals surface area contributed by atoms with Crippen molar-refractivity contribution in [2.45, 2.75) is 25.4 Å². The van der Waals surface area contributed by atoms with Crippen molar-refractivity contribution < 1.29 is 14.6 Å². The molecule has 24 heavy (non-hydrogen) atoms. The normalized spacial score (nSPS) is 11.6. The van der Waals surface area contributed by atoms with Gasteiger partial charge in [0.25, 0.3) is 0 Å². The summed E-state index contributed by atoms with van der Waals surface area (Å²) in [5.74, 6) is 0.748. The number of hydrogen-bond acceptors (Lipinski definition) is 3. The van der Waals surface area contributed by atoms with Crippen LogP contribution in [0, 0.1) is 0 Å². The van der Waals surface area contributed by atoms with Gasteiger partial charge in [0.1, 0.15) is 5.75 Å². The first-order valence-electron chi connectivity index (χ1n) is 8.06. The van der Waals surface area contributed by atoms with Crippen molar-refractivity contribution in [2.24, 2.45) is 0 Å². The van der Waals surface area contributed by atoms with E-state index in [1.54, 1.807) is 7.11 Å². The summed E-state index contributed by atoms with van der Waals surface area (Å²) in [7, 11) is 1.61. The Hall–Kier alpha value is -2.53. The van der Waals surface area contributed by atoms with Gasteiger partial charge < -0.3 is 20.5 Å². The number of carbonyl (C=O) groups excluding carboxylic acids is 1. The van der Waals surface area contributed by atoms with Gasteiger partial charge in [0.2, 0.25) is 0 Å². The molecule has 5 nitrogen and oxygen atoms in total. The van der Waals surface area contributed by atoms with E-state index >= 15 is 0 Å². The van der Waals surface area contributed by atoms with E-state index in [9.17, 15) is 4.79 Å². The fourth-order valence-electron chi connectivity index (χ4n) is 2.54. The summed E-state index contributed by atoms with van der Waals surface area (Å²) in [6.07, 6.45) is 1.31. The van der Waals surface area contributed by atoms with Crippen molar-refractivity contribution in [1.82, 2.24) is 10.6 Å². The van der Waals surface area contributed by atoms with Crippen LogP contribution in [0.5, 0.6) is 5.75 Å². The summed E-state index contributed by atoms with van der Waals surface area (Å²) < 4.78 is 5.28. The molecule has 0 saturated carbocycles. The number of aliphatic hydroxyl groups is 1. The third-order valence-corrected chi connectivity index (χ3v) is 3.79. The molecule has 0 saturated heterocycles. The molecule has 2 aromatic carbocycles. The Kier molecular flexibility index (Phi) is 7.11. The number of aliphatic hydroxyl groups excluding tert-OH is 1. The van der Waals surface area contributed by atoms with Gasteiger partial charge in [0.15, 0.2) is 0 Å². The first-order chi connectivity index (χ1) is 11.7. The van der Waals surface area contributed by atoms with E-state index in [4.69, 9.17) is 9.84 Å². The molecule has 0 aliphatic heterocycles. The van der Waals surface area contributed by atoms with Crippen molar-refractivity contribution in [1.29, 1.82) is 0 Å². The summed E-state index contributed by atoms with van der Waals surface area (Å²) in [5.41, 5.74) is 1.94. The second-order valence-corrected chi connectivity index (χ2v) is 5.47. The van der Waals surface area contributed by atoms with E-state index in [2.05, 4.69) is 10.6 Å². The molecule has 2 amide bonds. The lowest BCUT2D eigenvalue weighted by Crippen LogP contribution is -2.37.